The Bertz CT molecular complexity index is 305. The molecule has 1 unspecified atom stereocenters. The van der Waals surface area contributed by atoms with E-state index in [1.54, 1.807) is 0 Å². The zero-order valence-corrected chi connectivity index (χ0v) is 7.50. The molecule has 0 bridgehead atoms. The Morgan fingerprint density at radius 2 is 1.86 bits per heavy atom. The molecule has 0 aliphatic rings. The summed E-state index contributed by atoms with van der Waals surface area (Å²) >= 11 is 0.572. The summed E-state index contributed by atoms with van der Waals surface area (Å²) in [6.45, 7) is 0. The van der Waals surface area contributed by atoms with Crippen LogP contribution in [0.1, 0.15) is 22.9 Å². The van der Waals surface area contributed by atoms with Crippen molar-refractivity contribution < 1.29 is 22.0 Å². The standard InChI is InChI=1S/C7H6F5NS/c8-6(9)4-1-3(2-14-4)5(13)7(10,11)12/h1-2,5-6H,13H2. The van der Waals surface area contributed by atoms with Crippen LogP contribution < -0.4 is 5.73 Å². The Balaban J connectivity index is 2.87. The first-order valence-electron chi connectivity index (χ1n) is 3.51. The first-order chi connectivity index (χ1) is 6.32. The highest BCUT2D eigenvalue weighted by Crippen LogP contribution is 2.35. The first-order valence-corrected chi connectivity index (χ1v) is 4.39. The topological polar surface area (TPSA) is 26.0 Å². The summed E-state index contributed by atoms with van der Waals surface area (Å²) in [5.41, 5.74) is 4.50. The van der Waals surface area contributed by atoms with Gasteiger partial charge in [0.05, 0.1) is 4.88 Å². The van der Waals surface area contributed by atoms with Gasteiger partial charge in [-0.25, -0.2) is 8.78 Å². The minimum atomic E-state index is -4.60. The SMILES string of the molecule is NC(c1csc(C(F)F)c1)C(F)(F)F. The van der Waals surface area contributed by atoms with Crippen LogP contribution >= 0.6 is 11.3 Å². The number of hydrogen-bond acceptors (Lipinski definition) is 2. The van der Waals surface area contributed by atoms with Gasteiger partial charge in [0, 0.05) is 0 Å². The molecule has 0 saturated carbocycles. The molecule has 0 radical (unpaired) electrons. The van der Waals surface area contributed by atoms with Crippen molar-refractivity contribution in [1.29, 1.82) is 0 Å². The summed E-state index contributed by atoms with van der Waals surface area (Å²) in [4.78, 5) is -0.403. The van der Waals surface area contributed by atoms with Gasteiger partial charge in [0.2, 0.25) is 0 Å². The molecule has 0 fully saturated rings. The van der Waals surface area contributed by atoms with Crippen molar-refractivity contribution in [3.63, 3.8) is 0 Å². The van der Waals surface area contributed by atoms with Crippen molar-refractivity contribution in [2.24, 2.45) is 5.73 Å². The number of rotatable bonds is 2. The van der Waals surface area contributed by atoms with Crippen LogP contribution in [0.15, 0.2) is 11.4 Å². The monoisotopic (exact) mass is 231 g/mol. The highest BCUT2D eigenvalue weighted by Gasteiger charge is 2.38. The van der Waals surface area contributed by atoms with E-state index in [1.807, 2.05) is 0 Å². The Morgan fingerprint density at radius 3 is 2.21 bits per heavy atom. The van der Waals surface area contributed by atoms with Crippen LogP contribution in [-0.2, 0) is 0 Å². The van der Waals surface area contributed by atoms with Crippen molar-refractivity contribution in [2.75, 3.05) is 0 Å². The molecule has 0 aromatic carbocycles. The van der Waals surface area contributed by atoms with E-state index in [0.29, 0.717) is 11.3 Å². The second-order valence-electron chi connectivity index (χ2n) is 2.60. The van der Waals surface area contributed by atoms with Gasteiger partial charge in [-0.15, -0.1) is 11.3 Å². The van der Waals surface area contributed by atoms with Crippen LogP contribution in [0.25, 0.3) is 0 Å². The molecule has 1 aromatic rings. The molecule has 0 aliphatic heterocycles. The third-order valence-electron chi connectivity index (χ3n) is 1.57. The van der Waals surface area contributed by atoms with Gasteiger partial charge in [0.15, 0.2) is 0 Å². The second-order valence-corrected chi connectivity index (χ2v) is 3.55. The Hall–Kier alpha value is -0.690. The van der Waals surface area contributed by atoms with Crippen molar-refractivity contribution in [2.45, 2.75) is 18.6 Å². The van der Waals surface area contributed by atoms with Gasteiger partial charge in [0.1, 0.15) is 6.04 Å². The molecule has 1 heterocycles. The third-order valence-corrected chi connectivity index (χ3v) is 2.53. The summed E-state index contributed by atoms with van der Waals surface area (Å²) in [6.07, 6.45) is -7.35. The van der Waals surface area contributed by atoms with E-state index in [9.17, 15) is 22.0 Å². The lowest BCUT2D eigenvalue weighted by Gasteiger charge is -2.13. The average Bonchev–Trinajstić information content (AvgIpc) is 2.48. The average molecular weight is 231 g/mol. The highest BCUT2D eigenvalue weighted by atomic mass is 32.1. The van der Waals surface area contributed by atoms with E-state index in [0.717, 1.165) is 11.4 Å². The lowest BCUT2D eigenvalue weighted by molar-refractivity contribution is -0.149. The molecule has 1 aromatic heterocycles. The maximum Gasteiger partial charge on any atom is 0.407 e. The third kappa shape index (κ3) is 2.42. The Kier molecular flexibility index (Phi) is 3.10. The molecular formula is C7H6F5NS. The van der Waals surface area contributed by atoms with Gasteiger partial charge < -0.3 is 5.73 Å². The predicted octanol–water partition coefficient (Wildman–Crippen LogP) is 3.25. The minimum Gasteiger partial charge on any atom is -0.316 e. The normalized spacial score (nSPS) is 14.8. The zero-order valence-electron chi connectivity index (χ0n) is 6.68. The van der Waals surface area contributed by atoms with E-state index in [-0.39, 0.29) is 5.56 Å². The summed E-state index contributed by atoms with van der Waals surface area (Å²) in [5.74, 6) is 0. The second kappa shape index (κ2) is 3.82. The molecular weight excluding hydrogens is 225 g/mol. The van der Waals surface area contributed by atoms with Gasteiger partial charge in [-0.2, -0.15) is 13.2 Å². The molecule has 80 valence electrons. The van der Waals surface area contributed by atoms with Gasteiger partial charge in [-0.3, -0.25) is 0 Å². The minimum absolute atomic E-state index is 0.321. The molecule has 0 saturated heterocycles. The Morgan fingerprint density at radius 1 is 1.29 bits per heavy atom. The lowest BCUT2D eigenvalue weighted by atomic mass is 10.1. The summed E-state index contributed by atoms with van der Waals surface area (Å²) < 4.78 is 60.2. The summed E-state index contributed by atoms with van der Waals surface area (Å²) in [5, 5.41) is 1.000. The number of alkyl halides is 5. The van der Waals surface area contributed by atoms with E-state index in [1.165, 1.54) is 0 Å². The van der Waals surface area contributed by atoms with Crippen LogP contribution in [0, 0.1) is 0 Å². The number of hydrogen-bond donors (Lipinski definition) is 1. The number of thiophene rings is 1. The molecule has 7 heteroatoms. The molecule has 1 atom stereocenters. The molecule has 1 rings (SSSR count). The largest absolute Gasteiger partial charge is 0.407 e. The fourth-order valence-electron chi connectivity index (χ4n) is 0.835. The van der Waals surface area contributed by atoms with Crippen molar-refractivity contribution in [1.82, 2.24) is 0 Å². The lowest BCUT2D eigenvalue weighted by Crippen LogP contribution is -2.27. The summed E-state index contributed by atoms with van der Waals surface area (Å²) in [6, 6.07) is -1.40. The smallest absolute Gasteiger partial charge is 0.316 e. The van der Waals surface area contributed by atoms with E-state index in [4.69, 9.17) is 5.73 Å². The molecule has 2 N–H and O–H groups in total. The molecule has 0 amide bonds. The van der Waals surface area contributed by atoms with Crippen LogP contribution in [0.5, 0.6) is 0 Å². The quantitative estimate of drug-likeness (QED) is 0.777. The van der Waals surface area contributed by atoms with Crippen molar-refractivity contribution in [3.8, 4) is 0 Å². The summed E-state index contributed by atoms with van der Waals surface area (Å²) in [7, 11) is 0. The van der Waals surface area contributed by atoms with Gasteiger partial charge in [-0.1, -0.05) is 0 Å². The van der Waals surface area contributed by atoms with Gasteiger partial charge in [-0.05, 0) is 17.0 Å². The van der Waals surface area contributed by atoms with E-state index in [2.05, 4.69) is 0 Å². The molecule has 0 spiro atoms. The fraction of sp³-hybridized carbons (Fsp3) is 0.429. The van der Waals surface area contributed by atoms with Crippen LogP contribution in [0.2, 0.25) is 0 Å². The zero-order chi connectivity index (χ0) is 10.9. The maximum atomic E-state index is 12.0. The maximum absolute atomic E-state index is 12.0. The number of nitrogens with two attached hydrogens (primary N) is 1. The molecule has 1 nitrogen and oxygen atoms in total. The fourth-order valence-corrected chi connectivity index (χ4v) is 1.63. The molecule has 14 heavy (non-hydrogen) atoms. The molecule has 0 aliphatic carbocycles. The Labute approximate surface area is 80.3 Å². The van der Waals surface area contributed by atoms with Crippen molar-refractivity contribution in [3.05, 3.63) is 21.9 Å². The van der Waals surface area contributed by atoms with E-state index < -0.39 is 23.5 Å². The van der Waals surface area contributed by atoms with Crippen LogP contribution in [0.4, 0.5) is 22.0 Å². The highest BCUT2D eigenvalue weighted by molar-refractivity contribution is 7.10. The first kappa shape index (κ1) is 11.4. The van der Waals surface area contributed by atoms with Gasteiger partial charge >= 0.3 is 6.18 Å². The predicted molar refractivity (Wildman–Crippen MR) is 42.3 cm³/mol. The van der Waals surface area contributed by atoms with E-state index >= 15 is 0 Å². The van der Waals surface area contributed by atoms with Crippen molar-refractivity contribution >= 4 is 11.3 Å². The number of halogens is 5. The van der Waals surface area contributed by atoms with Crippen LogP contribution in [0.3, 0.4) is 0 Å². The van der Waals surface area contributed by atoms with Gasteiger partial charge in [0.25, 0.3) is 6.43 Å². The van der Waals surface area contributed by atoms with Crippen LogP contribution in [-0.4, -0.2) is 6.18 Å².